The Morgan fingerprint density at radius 3 is 2.30 bits per heavy atom. The average molecular weight is 382 g/mol. The van der Waals surface area contributed by atoms with Crippen molar-refractivity contribution in [2.45, 2.75) is 84.6 Å². The van der Waals surface area contributed by atoms with Gasteiger partial charge in [-0.05, 0) is 26.7 Å². The van der Waals surface area contributed by atoms with E-state index in [2.05, 4.69) is 24.1 Å². The van der Waals surface area contributed by atoms with Crippen molar-refractivity contribution in [3.63, 3.8) is 0 Å². The van der Waals surface area contributed by atoms with Gasteiger partial charge in [-0.25, -0.2) is 0 Å². The van der Waals surface area contributed by atoms with E-state index in [4.69, 9.17) is 9.47 Å². The number of hydrogen-bond acceptors (Lipinski definition) is 6. The van der Waals surface area contributed by atoms with Gasteiger partial charge in [0, 0.05) is 38.6 Å². The molecule has 6 heteroatoms. The van der Waals surface area contributed by atoms with Crippen LogP contribution < -0.4 is 5.32 Å². The van der Waals surface area contributed by atoms with Crippen molar-refractivity contribution in [2.24, 2.45) is 0 Å². The first-order valence-electron chi connectivity index (χ1n) is 10.1. The second-order valence-corrected chi connectivity index (χ2v) is 6.22. The molecule has 1 atom stereocenters. The van der Waals surface area contributed by atoms with E-state index in [-0.39, 0.29) is 17.7 Å². The number of carbonyl (C=O) groups is 3. The van der Waals surface area contributed by atoms with Gasteiger partial charge in [-0.2, -0.15) is 0 Å². The van der Waals surface area contributed by atoms with Gasteiger partial charge in [-0.15, -0.1) is 11.8 Å². The summed E-state index contributed by atoms with van der Waals surface area (Å²) in [6.07, 6.45) is 5.97. The number of rotatable bonds is 15. The first kappa shape index (κ1) is 25.1. The van der Waals surface area contributed by atoms with Crippen molar-refractivity contribution in [2.75, 3.05) is 19.8 Å². The lowest BCUT2D eigenvalue weighted by Gasteiger charge is -2.14. The third-order valence-electron chi connectivity index (χ3n) is 3.84. The quantitative estimate of drug-likeness (QED) is 0.267. The van der Waals surface area contributed by atoms with E-state index in [0.29, 0.717) is 58.3 Å². The second-order valence-electron chi connectivity index (χ2n) is 6.22. The minimum Gasteiger partial charge on any atom is -0.466 e. The molecule has 0 rings (SSSR count). The van der Waals surface area contributed by atoms with Crippen LogP contribution in [0.3, 0.4) is 0 Å². The predicted octanol–water partition coefficient (Wildman–Crippen LogP) is 3.17. The first-order valence-corrected chi connectivity index (χ1v) is 10.1. The summed E-state index contributed by atoms with van der Waals surface area (Å²) < 4.78 is 9.92. The number of ketones is 1. The highest BCUT2D eigenvalue weighted by atomic mass is 16.5. The molecular formula is C21H35NO5. The Balaban J connectivity index is 4.22. The van der Waals surface area contributed by atoms with Gasteiger partial charge in [-0.1, -0.05) is 19.8 Å². The lowest BCUT2D eigenvalue weighted by molar-refractivity contribution is -0.145. The molecule has 27 heavy (non-hydrogen) atoms. The maximum Gasteiger partial charge on any atom is 0.324 e. The Morgan fingerprint density at radius 1 is 0.889 bits per heavy atom. The van der Waals surface area contributed by atoms with Crippen LogP contribution >= 0.6 is 0 Å². The van der Waals surface area contributed by atoms with Crippen LogP contribution in [-0.2, 0) is 23.9 Å². The Morgan fingerprint density at radius 2 is 1.63 bits per heavy atom. The highest BCUT2D eigenvalue weighted by Gasteiger charge is 2.18. The molecule has 0 bridgehead atoms. The molecule has 0 fully saturated rings. The molecule has 154 valence electrons. The van der Waals surface area contributed by atoms with Crippen LogP contribution in [0.4, 0.5) is 0 Å². The van der Waals surface area contributed by atoms with Gasteiger partial charge in [0.2, 0.25) is 0 Å². The Kier molecular flexibility index (Phi) is 16.3. The number of carbonyl (C=O) groups excluding carboxylic acids is 3. The van der Waals surface area contributed by atoms with Crippen LogP contribution in [-0.4, -0.2) is 43.5 Å². The SMILES string of the molecule is CCCCCC(=O)CCNC(CC#CCCCC(=O)OCC)C(=O)OCC. The van der Waals surface area contributed by atoms with Crippen molar-refractivity contribution in [3.8, 4) is 11.8 Å². The van der Waals surface area contributed by atoms with Crippen LogP contribution in [0, 0.1) is 11.8 Å². The second kappa shape index (κ2) is 17.5. The molecule has 0 saturated carbocycles. The minimum absolute atomic E-state index is 0.212. The highest BCUT2D eigenvalue weighted by Crippen LogP contribution is 2.03. The van der Waals surface area contributed by atoms with Crippen LogP contribution in [0.15, 0.2) is 0 Å². The fourth-order valence-electron chi connectivity index (χ4n) is 2.38. The largest absolute Gasteiger partial charge is 0.466 e. The summed E-state index contributed by atoms with van der Waals surface area (Å²) in [5.74, 6) is 5.58. The minimum atomic E-state index is -0.536. The van der Waals surface area contributed by atoms with E-state index >= 15 is 0 Å². The summed E-state index contributed by atoms with van der Waals surface area (Å²) in [5, 5.41) is 3.08. The van der Waals surface area contributed by atoms with Crippen molar-refractivity contribution in [1.82, 2.24) is 5.32 Å². The fraction of sp³-hybridized carbons (Fsp3) is 0.762. The third kappa shape index (κ3) is 14.9. The molecule has 0 amide bonds. The highest BCUT2D eigenvalue weighted by molar-refractivity contribution is 5.79. The lowest BCUT2D eigenvalue weighted by Crippen LogP contribution is -2.39. The maximum atomic E-state index is 12.0. The first-order chi connectivity index (χ1) is 13.0. The number of hydrogen-bond donors (Lipinski definition) is 1. The molecule has 0 aliphatic carbocycles. The van der Waals surface area contributed by atoms with Crippen LogP contribution in [0.25, 0.3) is 0 Å². The smallest absolute Gasteiger partial charge is 0.324 e. The van der Waals surface area contributed by atoms with Crippen molar-refractivity contribution < 1.29 is 23.9 Å². The summed E-state index contributed by atoms with van der Waals surface area (Å²) in [4.78, 5) is 35.1. The Labute approximate surface area is 163 Å². The molecule has 0 heterocycles. The molecule has 0 aromatic heterocycles. The van der Waals surface area contributed by atoms with Gasteiger partial charge >= 0.3 is 11.9 Å². The standard InChI is InChI=1S/C21H35NO5/c1-4-7-10-13-18(23)16-17-22-19(21(25)27-6-3)14-11-8-9-12-15-20(24)26-5-2/h19,22H,4-7,9-10,12-17H2,1-3H3. The average Bonchev–Trinajstić information content (AvgIpc) is 2.63. The predicted molar refractivity (Wildman–Crippen MR) is 105 cm³/mol. The van der Waals surface area contributed by atoms with E-state index < -0.39 is 6.04 Å². The number of nitrogens with one attached hydrogen (secondary N) is 1. The summed E-state index contributed by atoms with van der Waals surface area (Å²) >= 11 is 0. The maximum absolute atomic E-state index is 12.0. The fourth-order valence-corrected chi connectivity index (χ4v) is 2.38. The molecule has 0 aliphatic heterocycles. The van der Waals surface area contributed by atoms with E-state index in [1.54, 1.807) is 13.8 Å². The van der Waals surface area contributed by atoms with Crippen molar-refractivity contribution >= 4 is 17.7 Å². The van der Waals surface area contributed by atoms with E-state index in [1.165, 1.54) is 0 Å². The molecule has 0 radical (unpaired) electrons. The van der Waals surface area contributed by atoms with E-state index in [9.17, 15) is 14.4 Å². The summed E-state index contributed by atoms with van der Waals surface area (Å²) in [6, 6.07) is -0.536. The van der Waals surface area contributed by atoms with Gasteiger partial charge < -0.3 is 14.8 Å². The third-order valence-corrected chi connectivity index (χ3v) is 3.84. The summed E-state index contributed by atoms with van der Waals surface area (Å²) in [6.45, 7) is 6.78. The van der Waals surface area contributed by atoms with Gasteiger partial charge in [-0.3, -0.25) is 14.4 Å². The van der Waals surface area contributed by atoms with Crippen LogP contribution in [0.2, 0.25) is 0 Å². The number of unbranched alkanes of at least 4 members (excludes halogenated alkanes) is 3. The molecular weight excluding hydrogens is 346 g/mol. The molecule has 0 aromatic rings. The van der Waals surface area contributed by atoms with E-state index in [1.807, 2.05) is 0 Å². The molecule has 0 aromatic carbocycles. The topological polar surface area (TPSA) is 81.7 Å². The lowest BCUT2D eigenvalue weighted by atomic mass is 10.1. The molecule has 0 saturated heterocycles. The van der Waals surface area contributed by atoms with Gasteiger partial charge in [0.15, 0.2) is 0 Å². The number of esters is 2. The molecule has 1 unspecified atom stereocenters. The summed E-state index contributed by atoms with van der Waals surface area (Å²) in [7, 11) is 0. The van der Waals surface area contributed by atoms with Crippen LogP contribution in [0.1, 0.15) is 78.6 Å². The number of ether oxygens (including phenoxy) is 2. The normalized spacial score (nSPS) is 11.2. The van der Waals surface area contributed by atoms with Gasteiger partial charge in [0.25, 0.3) is 0 Å². The zero-order valence-electron chi connectivity index (χ0n) is 17.1. The van der Waals surface area contributed by atoms with Crippen LogP contribution in [0.5, 0.6) is 0 Å². The van der Waals surface area contributed by atoms with Crippen molar-refractivity contribution in [3.05, 3.63) is 0 Å². The number of Topliss-reactive ketones (excluding diaryl/α,β-unsaturated/α-hetero) is 1. The molecule has 0 aliphatic rings. The Bertz CT molecular complexity index is 493. The van der Waals surface area contributed by atoms with Crippen molar-refractivity contribution in [1.29, 1.82) is 0 Å². The zero-order chi connectivity index (χ0) is 20.3. The van der Waals surface area contributed by atoms with Gasteiger partial charge in [0.1, 0.15) is 11.8 Å². The monoisotopic (exact) mass is 381 g/mol. The van der Waals surface area contributed by atoms with Gasteiger partial charge in [0.05, 0.1) is 13.2 Å². The zero-order valence-corrected chi connectivity index (χ0v) is 17.1. The summed E-state index contributed by atoms with van der Waals surface area (Å²) in [5.41, 5.74) is 0. The Hall–Kier alpha value is -1.87. The molecule has 1 N–H and O–H groups in total. The van der Waals surface area contributed by atoms with E-state index in [0.717, 1.165) is 19.3 Å². The molecule has 6 nitrogen and oxygen atoms in total. The molecule has 0 spiro atoms.